The number of carbonyl (C=O) groups is 1. The van der Waals surface area contributed by atoms with Gasteiger partial charge in [0, 0.05) is 6.07 Å². The second kappa shape index (κ2) is 4.88. The Labute approximate surface area is 102 Å². The number of amides is 1. The molecule has 6 heteroatoms. The van der Waals surface area contributed by atoms with E-state index in [-0.39, 0.29) is 16.9 Å². The molecular weight excluding hydrogens is 244 g/mol. The highest BCUT2D eigenvalue weighted by Gasteiger charge is 2.10. The highest BCUT2D eigenvalue weighted by molar-refractivity contribution is 6.29. The molecule has 2 aromatic heterocycles. The fourth-order valence-electron chi connectivity index (χ4n) is 1.20. The smallest absolute Gasteiger partial charge is 0.291 e. The summed E-state index contributed by atoms with van der Waals surface area (Å²) < 4.78 is 9.87. The molecule has 2 heterocycles. The Bertz CT molecular complexity index is 522. The van der Waals surface area contributed by atoms with Crippen molar-refractivity contribution in [2.45, 2.75) is 0 Å². The van der Waals surface area contributed by atoms with Crippen LogP contribution in [0.1, 0.15) is 10.6 Å². The topological polar surface area (TPSA) is 64.4 Å². The number of halogens is 1. The van der Waals surface area contributed by atoms with E-state index in [9.17, 15) is 4.79 Å². The van der Waals surface area contributed by atoms with Gasteiger partial charge in [-0.3, -0.25) is 4.79 Å². The molecule has 0 saturated heterocycles. The number of carbonyl (C=O) groups excluding carboxylic acids is 1. The van der Waals surface area contributed by atoms with Crippen LogP contribution >= 0.6 is 11.6 Å². The second-order valence-electron chi connectivity index (χ2n) is 3.15. The van der Waals surface area contributed by atoms with Gasteiger partial charge in [-0.1, -0.05) is 0 Å². The molecule has 5 nitrogen and oxygen atoms in total. The molecule has 0 unspecified atom stereocenters. The van der Waals surface area contributed by atoms with Gasteiger partial charge in [0.15, 0.2) is 11.0 Å². The van der Waals surface area contributed by atoms with E-state index in [4.69, 9.17) is 20.8 Å². The van der Waals surface area contributed by atoms with Gasteiger partial charge >= 0.3 is 0 Å². The van der Waals surface area contributed by atoms with Crippen LogP contribution in [0.3, 0.4) is 0 Å². The zero-order valence-electron chi connectivity index (χ0n) is 8.94. The van der Waals surface area contributed by atoms with Crippen LogP contribution in [0.25, 0.3) is 0 Å². The Morgan fingerprint density at radius 3 is 2.76 bits per heavy atom. The summed E-state index contributed by atoms with van der Waals surface area (Å²) in [7, 11) is 1.52. The van der Waals surface area contributed by atoms with Crippen molar-refractivity contribution in [3.63, 3.8) is 0 Å². The summed E-state index contributed by atoms with van der Waals surface area (Å²) in [6.07, 6.45) is 1.49. The summed E-state index contributed by atoms with van der Waals surface area (Å²) >= 11 is 5.57. The molecule has 0 aliphatic heterocycles. The first kappa shape index (κ1) is 11.5. The lowest BCUT2D eigenvalue weighted by Gasteiger charge is -2.03. The maximum absolute atomic E-state index is 11.7. The van der Waals surface area contributed by atoms with Crippen LogP contribution in [0.2, 0.25) is 5.22 Å². The van der Waals surface area contributed by atoms with E-state index < -0.39 is 0 Å². The fourth-order valence-corrected chi connectivity index (χ4v) is 1.35. The van der Waals surface area contributed by atoms with Crippen LogP contribution < -0.4 is 10.1 Å². The zero-order chi connectivity index (χ0) is 12.3. The summed E-state index contributed by atoms with van der Waals surface area (Å²) in [6, 6.07) is 6.32. The highest BCUT2D eigenvalue weighted by atomic mass is 35.5. The SMILES string of the molecule is COc1ccc(NC(=O)c2ccc(Cl)o2)cn1. The minimum Gasteiger partial charge on any atom is -0.481 e. The molecule has 0 bridgehead atoms. The van der Waals surface area contributed by atoms with Crippen LogP contribution in [0.5, 0.6) is 5.88 Å². The summed E-state index contributed by atoms with van der Waals surface area (Å²) in [6.45, 7) is 0. The van der Waals surface area contributed by atoms with E-state index in [1.165, 1.54) is 25.4 Å². The first-order valence-corrected chi connectivity index (χ1v) is 5.13. The molecule has 2 aromatic rings. The maximum atomic E-state index is 11.7. The number of ether oxygens (including phenoxy) is 1. The minimum atomic E-state index is -0.385. The predicted octanol–water partition coefficient (Wildman–Crippen LogP) is 2.59. The number of nitrogens with zero attached hydrogens (tertiary/aromatic N) is 1. The number of aromatic nitrogens is 1. The second-order valence-corrected chi connectivity index (χ2v) is 3.52. The first-order chi connectivity index (χ1) is 8.19. The number of anilines is 1. The van der Waals surface area contributed by atoms with Gasteiger partial charge in [0.2, 0.25) is 5.88 Å². The number of hydrogen-bond donors (Lipinski definition) is 1. The van der Waals surface area contributed by atoms with Crippen molar-refractivity contribution in [2.75, 3.05) is 12.4 Å². The highest BCUT2D eigenvalue weighted by Crippen LogP contribution is 2.16. The largest absolute Gasteiger partial charge is 0.481 e. The Kier molecular flexibility index (Phi) is 3.30. The third kappa shape index (κ3) is 2.76. The molecular formula is C11H9ClN2O3. The number of furan rings is 1. The van der Waals surface area contributed by atoms with E-state index in [2.05, 4.69) is 10.3 Å². The van der Waals surface area contributed by atoms with Crippen molar-refractivity contribution in [3.05, 3.63) is 41.4 Å². The minimum absolute atomic E-state index is 0.144. The van der Waals surface area contributed by atoms with Gasteiger partial charge in [-0.25, -0.2) is 4.98 Å². The molecule has 0 saturated carbocycles. The third-order valence-corrected chi connectivity index (χ3v) is 2.20. The summed E-state index contributed by atoms with van der Waals surface area (Å²) in [5.41, 5.74) is 0.545. The van der Waals surface area contributed by atoms with E-state index >= 15 is 0 Å². The number of methoxy groups -OCH3 is 1. The summed E-state index contributed by atoms with van der Waals surface area (Å²) in [5.74, 6) is 0.235. The number of nitrogens with one attached hydrogen (secondary N) is 1. The van der Waals surface area contributed by atoms with Crippen LogP contribution in [0.4, 0.5) is 5.69 Å². The maximum Gasteiger partial charge on any atom is 0.291 e. The standard InChI is InChI=1S/C11H9ClN2O3/c1-16-10-5-2-7(6-13-10)14-11(15)8-3-4-9(12)17-8/h2-6H,1H3,(H,14,15). The van der Waals surface area contributed by atoms with Crippen molar-refractivity contribution in [1.82, 2.24) is 4.98 Å². The number of pyridine rings is 1. The van der Waals surface area contributed by atoms with Crippen molar-refractivity contribution >= 4 is 23.2 Å². The Balaban J connectivity index is 2.07. The van der Waals surface area contributed by atoms with Crippen molar-refractivity contribution in [1.29, 1.82) is 0 Å². The predicted molar refractivity (Wildman–Crippen MR) is 62.5 cm³/mol. The lowest BCUT2D eigenvalue weighted by Crippen LogP contribution is -2.10. The van der Waals surface area contributed by atoms with Gasteiger partial charge in [0.1, 0.15) is 0 Å². The van der Waals surface area contributed by atoms with E-state index in [0.717, 1.165) is 0 Å². The molecule has 1 amide bonds. The number of hydrogen-bond acceptors (Lipinski definition) is 4. The molecule has 88 valence electrons. The Morgan fingerprint density at radius 1 is 1.41 bits per heavy atom. The van der Waals surface area contributed by atoms with Crippen LogP contribution in [-0.4, -0.2) is 18.0 Å². The molecule has 0 fully saturated rings. The lowest BCUT2D eigenvalue weighted by atomic mass is 10.3. The molecule has 0 aliphatic carbocycles. The normalized spacial score (nSPS) is 10.0. The Hall–Kier alpha value is -2.01. The molecule has 2 rings (SSSR count). The summed E-state index contributed by atoms with van der Waals surface area (Å²) in [5, 5.41) is 2.78. The van der Waals surface area contributed by atoms with Crippen molar-refractivity contribution in [2.24, 2.45) is 0 Å². The van der Waals surface area contributed by atoms with E-state index in [1.807, 2.05) is 0 Å². The molecule has 0 radical (unpaired) electrons. The zero-order valence-corrected chi connectivity index (χ0v) is 9.69. The average Bonchev–Trinajstić information content (AvgIpc) is 2.77. The molecule has 0 spiro atoms. The van der Waals surface area contributed by atoms with Gasteiger partial charge in [-0.05, 0) is 29.8 Å². The van der Waals surface area contributed by atoms with Crippen molar-refractivity contribution in [3.8, 4) is 5.88 Å². The van der Waals surface area contributed by atoms with Crippen LogP contribution in [-0.2, 0) is 0 Å². The van der Waals surface area contributed by atoms with Gasteiger partial charge in [-0.2, -0.15) is 0 Å². The van der Waals surface area contributed by atoms with Gasteiger partial charge in [0.25, 0.3) is 5.91 Å². The van der Waals surface area contributed by atoms with Crippen molar-refractivity contribution < 1.29 is 13.9 Å². The molecule has 0 aromatic carbocycles. The van der Waals surface area contributed by atoms with Gasteiger partial charge < -0.3 is 14.5 Å². The lowest BCUT2D eigenvalue weighted by molar-refractivity contribution is 0.0996. The molecule has 0 aliphatic rings. The van der Waals surface area contributed by atoms with E-state index in [0.29, 0.717) is 11.6 Å². The average molecular weight is 253 g/mol. The molecule has 0 atom stereocenters. The summed E-state index contributed by atoms with van der Waals surface area (Å²) in [4.78, 5) is 15.6. The number of rotatable bonds is 3. The van der Waals surface area contributed by atoms with Crippen LogP contribution in [0.15, 0.2) is 34.9 Å². The third-order valence-electron chi connectivity index (χ3n) is 2.00. The molecule has 1 N–H and O–H groups in total. The Morgan fingerprint density at radius 2 is 2.24 bits per heavy atom. The van der Waals surface area contributed by atoms with Crippen LogP contribution in [0, 0.1) is 0 Å². The first-order valence-electron chi connectivity index (χ1n) is 4.76. The fraction of sp³-hybridized carbons (Fsp3) is 0.0909. The van der Waals surface area contributed by atoms with Gasteiger partial charge in [-0.15, -0.1) is 0 Å². The monoisotopic (exact) mass is 252 g/mol. The van der Waals surface area contributed by atoms with E-state index in [1.54, 1.807) is 12.1 Å². The van der Waals surface area contributed by atoms with Gasteiger partial charge in [0.05, 0.1) is 19.0 Å². The molecule has 17 heavy (non-hydrogen) atoms. The quantitative estimate of drug-likeness (QED) is 0.912.